The monoisotopic (exact) mass is 344 g/mol. The molecule has 0 radical (unpaired) electrons. The number of carbonyl (C=O) groups excluding carboxylic acids is 3. The third kappa shape index (κ3) is 3.51. The fourth-order valence-electron chi connectivity index (χ4n) is 1.93. The number of benzene rings is 1. The standard InChI is InChI=1S/C14H14Cl2N2O4/c1-14(2)12(20)18(13(21)17-14)6-11(19)22-7-8-3-4-9(15)5-10(8)16/h3-5H,6-7H2,1-2H3,(H,17,21). The Hall–Kier alpha value is -1.79. The van der Waals surface area contributed by atoms with Gasteiger partial charge in [0.1, 0.15) is 18.7 Å². The molecule has 0 bridgehead atoms. The third-order valence-corrected chi connectivity index (χ3v) is 3.72. The fourth-order valence-corrected chi connectivity index (χ4v) is 2.40. The topological polar surface area (TPSA) is 75.7 Å². The molecule has 0 aliphatic carbocycles. The quantitative estimate of drug-likeness (QED) is 0.672. The van der Waals surface area contributed by atoms with Gasteiger partial charge in [-0.25, -0.2) is 4.79 Å². The molecule has 1 aliphatic heterocycles. The average molecular weight is 345 g/mol. The molecule has 3 amide bonds. The number of ether oxygens (including phenoxy) is 1. The maximum Gasteiger partial charge on any atom is 0.326 e. The van der Waals surface area contributed by atoms with E-state index in [0.717, 1.165) is 4.90 Å². The minimum Gasteiger partial charge on any atom is -0.459 e. The van der Waals surface area contributed by atoms with E-state index in [1.807, 2.05) is 0 Å². The first-order valence-electron chi connectivity index (χ1n) is 6.44. The Morgan fingerprint density at radius 1 is 1.32 bits per heavy atom. The Balaban J connectivity index is 1.94. The van der Waals surface area contributed by atoms with Gasteiger partial charge in [0.25, 0.3) is 5.91 Å². The van der Waals surface area contributed by atoms with Gasteiger partial charge in [0.15, 0.2) is 0 Å². The summed E-state index contributed by atoms with van der Waals surface area (Å²) in [5.74, 6) is -1.17. The van der Waals surface area contributed by atoms with Crippen molar-refractivity contribution in [2.24, 2.45) is 0 Å². The van der Waals surface area contributed by atoms with Gasteiger partial charge in [-0.1, -0.05) is 29.3 Å². The molecule has 6 nitrogen and oxygen atoms in total. The van der Waals surface area contributed by atoms with E-state index in [-0.39, 0.29) is 6.61 Å². The van der Waals surface area contributed by atoms with Crippen LogP contribution in [0.15, 0.2) is 18.2 Å². The SMILES string of the molecule is CC1(C)NC(=O)N(CC(=O)OCc2ccc(Cl)cc2Cl)C1=O. The summed E-state index contributed by atoms with van der Waals surface area (Å²) >= 11 is 11.7. The number of nitrogens with one attached hydrogen (secondary N) is 1. The highest BCUT2D eigenvalue weighted by atomic mass is 35.5. The molecule has 1 N–H and O–H groups in total. The molecule has 1 aliphatic rings. The minimum atomic E-state index is -1.02. The van der Waals surface area contributed by atoms with E-state index in [4.69, 9.17) is 27.9 Å². The van der Waals surface area contributed by atoms with Gasteiger partial charge in [0, 0.05) is 15.6 Å². The zero-order chi connectivity index (χ0) is 16.5. The van der Waals surface area contributed by atoms with Crippen molar-refractivity contribution in [3.05, 3.63) is 33.8 Å². The second kappa shape index (κ2) is 6.14. The van der Waals surface area contributed by atoms with E-state index in [9.17, 15) is 14.4 Å². The molecule has 118 valence electrons. The predicted octanol–water partition coefficient (Wildman–Crippen LogP) is 2.37. The number of esters is 1. The molecule has 0 spiro atoms. The largest absolute Gasteiger partial charge is 0.459 e. The van der Waals surface area contributed by atoms with Crippen molar-refractivity contribution in [3.8, 4) is 0 Å². The number of amides is 3. The van der Waals surface area contributed by atoms with Crippen molar-refractivity contribution in [1.82, 2.24) is 10.2 Å². The molecule has 2 rings (SSSR count). The number of halogens is 2. The molecule has 1 aromatic carbocycles. The molecule has 0 atom stereocenters. The average Bonchev–Trinajstić information content (AvgIpc) is 2.60. The number of urea groups is 1. The summed E-state index contributed by atoms with van der Waals surface area (Å²) in [6.45, 7) is 2.61. The zero-order valence-electron chi connectivity index (χ0n) is 12.0. The summed E-state index contributed by atoms with van der Waals surface area (Å²) in [5.41, 5.74) is -0.437. The lowest BCUT2D eigenvalue weighted by Gasteiger charge is -2.15. The summed E-state index contributed by atoms with van der Waals surface area (Å²) in [5, 5.41) is 3.33. The van der Waals surface area contributed by atoms with Gasteiger partial charge in [-0.3, -0.25) is 14.5 Å². The van der Waals surface area contributed by atoms with Gasteiger partial charge < -0.3 is 10.1 Å². The summed E-state index contributed by atoms with van der Waals surface area (Å²) in [7, 11) is 0. The normalized spacial score (nSPS) is 16.6. The highest BCUT2D eigenvalue weighted by Gasteiger charge is 2.45. The van der Waals surface area contributed by atoms with Crippen LogP contribution in [0.3, 0.4) is 0 Å². The smallest absolute Gasteiger partial charge is 0.326 e. The van der Waals surface area contributed by atoms with Gasteiger partial charge in [0.2, 0.25) is 0 Å². The Labute approximate surface area is 137 Å². The van der Waals surface area contributed by atoms with Crippen LogP contribution in [-0.2, 0) is 20.9 Å². The lowest BCUT2D eigenvalue weighted by molar-refractivity contribution is -0.148. The first-order chi connectivity index (χ1) is 10.2. The maximum absolute atomic E-state index is 11.9. The number of imide groups is 1. The van der Waals surface area contributed by atoms with E-state index in [1.165, 1.54) is 6.07 Å². The van der Waals surface area contributed by atoms with E-state index < -0.39 is 30.0 Å². The molecule has 22 heavy (non-hydrogen) atoms. The predicted molar refractivity (Wildman–Crippen MR) is 80.6 cm³/mol. The van der Waals surface area contributed by atoms with Gasteiger partial charge in [0.05, 0.1) is 0 Å². The second-order valence-corrected chi connectivity index (χ2v) is 6.19. The van der Waals surface area contributed by atoms with Crippen LogP contribution in [0, 0.1) is 0 Å². The molecule has 0 saturated carbocycles. The molecule has 1 aromatic rings. The highest BCUT2D eigenvalue weighted by Crippen LogP contribution is 2.22. The fraction of sp³-hybridized carbons (Fsp3) is 0.357. The molecular formula is C14H14Cl2N2O4. The van der Waals surface area contributed by atoms with E-state index in [2.05, 4.69) is 5.32 Å². The second-order valence-electron chi connectivity index (χ2n) is 5.34. The molecule has 1 heterocycles. The van der Waals surface area contributed by atoms with E-state index in [0.29, 0.717) is 15.6 Å². The van der Waals surface area contributed by atoms with Crippen molar-refractivity contribution in [1.29, 1.82) is 0 Å². The van der Waals surface area contributed by atoms with Crippen LogP contribution in [0.25, 0.3) is 0 Å². The summed E-state index contributed by atoms with van der Waals surface area (Å²) < 4.78 is 5.04. The van der Waals surface area contributed by atoms with Crippen LogP contribution in [0.5, 0.6) is 0 Å². The van der Waals surface area contributed by atoms with Crippen LogP contribution in [-0.4, -0.2) is 34.9 Å². The summed E-state index contributed by atoms with van der Waals surface area (Å²) in [6.07, 6.45) is 0. The molecule has 0 aromatic heterocycles. The van der Waals surface area contributed by atoms with Crippen molar-refractivity contribution >= 4 is 41.1 Å². The van der Waals surface area contributed by atoms with Crippen LogP contribution in [0.4, 0.5) is 4.79 Å². The molecule has 8 heteroatoms. The van der Waals surface area contributed by atoms with Gasteiger partial charge in [-0.15, -0.1) is 0 Å². The Kier molecular flexibility index (Phi) is 4.63. The molecular weight excluding hydrogens is 331 g/mol. The van der Waals surface area contributed by atoms with Crippen molar-refractivity contribution in [3.63, 3.8) is 0 Å². The van der Waals surface area contributed by atoms with Crippen LogP contribution < -0.4 is 5.32 Å². The van der Waals surface area contributed by atoms with Crippen molar-refractivity contribution in [2.75, 3.05) is 6.54 Å². The molecule has 1 saturated heterocycles. The zero-order valence-corrected chi connectivity index (χ0v) is 13.5. The van der Waals surface area contributed by atoms with Gasteiger partial charge in [-0.05, 0) is 26.0 Å². The lowest BCUT2D eigenvalue weighted by atomic mass is 10.1. The van der Waals surface area contributed by atoms with Crippen molar-refractivity contribution in [2.45, 2.75) is 26.0 Å². The van der Waals surface area contributed by atoms with Crippen LogP contribution in [0.1, 0.15) is 19.4 Å². The Morgan fingerprint density at radius 2 is 2.00 bits per heavy atom. The lowest BCUT2D eigenvalue weighted by Crippen LogP contribution is -2.41. The number of hydrogen-bond donors (Lipinski definition) is 1. The third-order valence-electron chi connectivity index (χ3n) is 3.14. The summed E-state index contributed by atoms with van der Waals surface area (Å²) in [4.78, 5) is 36.2. The Bertz CT molecular complexity index is 646. The van der Waals surface area contributed by atoms with Gasteiger partial charge >= 0.3 is 12.0 Å². The van der Waals surface area contributed by atoms with Gasteiger partial charge in [-0.2, -0.15) is 0 Å². The number of hydrogen-bond acceptors (Lipinski definition) is 4. The van der Waals surface area contributed by atoms with Crippen LogP contribution in [0.2, 0.25) is 10.0 Å². The molecule has 1 fully saturated rings. The van der Waals surface area contributed by atoms with E-state index in [1.54, 1.807) is 26.0 Å². The Morgan fingerprint density at radius 3 is 2.55 bits per heavy atom. The number of nitrogens with zero attached hydrogens (tertiary/aromatic N) is 1. The van der Waals surface area contributed by atoms with Crippen LogP contribution >= 0.6 is 23.2 Å². The molecule has 0 unspecified atom stereocenters. The summed E-state index contributed by atoms with van der Waals surface area (Å²) in [6, 6.07) is 4.17. The number of rotatable bonds is 4. The van der Waals surface area contributed by atoms with E-state index >= 15 is 0 Å². The minimum absolute atomic E-state index is 0.0676. The highest BCUT2D eigenvalue weighted by molar-refractivity contribution is 6.35. The number of carbonyl (C=O) groups is 3. The first kappa shape index (κ1) is 16.6. The first-order valence-corrected chi connectivity index (χ1v) is 7.20. The van der Waals surface area contributed by atoms with Crippen molar-refractivity contribution < 1.29 is 19.1 Å². The maximum atomic E-state index is 11.9.